The summed E-state index contributed by atoms with van der Waals surface area (Å²) in [5, 5.41) is 7.40. The van der Waals surface area contributed by atoms with Gasteiger partial charge in [0.05, 0.1) is 33.5 Å². The highest BCUT2D eigenvalue weighted by atomic mass is 15.1. The van der Waals surface area contributed by atoms with Gasteiger partial charge in [-0.2, -0.15) is 0 Å². The molecule has 2 heterocycles. The van der Waals surface area contributed by atoms with Gasteiger partial charge < -0.3 is 14.4 Å². The third kappa shape index (κ3) is 6.52. The van der Waals surface area contributed by atoms with E-state index in [0.29, 0.717) is 0 Å². The molecule has 14 aromatic rings. The molecule has 1 aliphatic carbocycles. The van der Waals surface area contributed by atoms with Crippen LogP contribution in [0.15, 0.2) is 297 Å². The SMILES string of the molecule is c1ccc(N(c2ccc(-c3ccc4c(c3)C3(c5cc(-c6ccc(N(c7ccccc7)c7cccc8ccccc78)cc6)ccc5-4)c4ccccc4-n4c5ccccc5c5cccc3c54)cc2)c2cccc3ccccc23)cc1. The number of fused-ring (bicyclic) bond motifs is 14. The minimum absolute atomic E-state index is 0.631. The fourth-order valence-electron chi connectivity index (χ4n) is 13.4. The molecule has 13 aromatic carbocycles. The molecule has 0 atom stereocenters. The fourth-order valence-corrected chi connectivity index (χ4v) is 13.4. The summed E-state index contributed by atoms with van der Waals surface area (Å²) in [5.74, 6) is 0. The summed E-state index contributed by atoms with van der Waals surface area (Å²) in [7, 11) is 0. The Morgan fingerprint density at radius 3 is 1.24 bits per heavy atom. The molecule has 0 fully saturated rings. The molecule has 0 radical (unpaired) electrons. The smallest absolute Gasteiger partial charge is 0.0754 e. The maximum atomic E-state index is 2.53. The van der Waals surface area contributed by atoms with Crippen molar-refractivity contribution in [3.8, 4) is 39.1 Å². The van der Waals surface area contributed by atoms with E-state index in [0.717, 1.165) is 34.1 Å². The number of rotatable bonds is 8. The van der Waals surface area contributed by atoms with Gasteiger partial charge in [-0.15, -0.1) is 0 Å². The van der Waals surface area contributed by atoms with Gasteiger partial charge in [-0.25, -0.2) is 0 Å². The predicted octanol–water partition coefficient (Wildman–Crippen LogP) is 20.0. The van der Waals surface area contributed by atoms with Gasteiger partial charge in [0.25, 0.3) is 0 Å². The summed E-state index contributed by atoms with van der Waals surface area (Å²) in [6, 6.07) is 110. The third-order valence-electron chi connectivity index (χ3n) is 16.7. The lowest BCUT2D eigenvalue weighted by atomic mass is 9.65. The van der Waals surface area contributed by atoms with Gasteiger partial charge in [-0.05, 0) is 151 Å². The van der Waals surface area contributed by atoms with Gasteiger partial charge in [0.15, 0.2) is 0 Å². The minimum atomic E-state index is -0.631. The highest BCUT2D eigenvalue weighted by Gasteiger charge is 2.51. The molecule has 16 rings (SSSR count). The first-order chi connectivity index (χ1) is 38.7. The molecule has 0 N–H and O–H groups in total. The van der Waals surface area contributed by atoms with Crippen LogP contribution >= 0.6 is 0 Å². The number of para-hydroxylation sites is 5. The summed E-state index contributed by atoms with van der Waals surface area (Å²) in [6.45, 7) is 0. The molecule has 3 nitrogen and oxygen atoms in total. The van der Waals surface area contributed by atoms with Crippen molar-refractivity contribution in [3.05, 3.63) is 320 Å². The van der Waals surface area contributed by atoms with Crippen LogP contribution in [0.2, 0.25) is 0 Å². The summed E-state index contributed by atoms with van der Waals surface area (Å²) < 4.78 is 2.53. The predicted molar refractivity (Wildman–Crippen MR) is 327 cm³/mol. The van der Waals surface area contributed by atoms with E-state index < -0.39 is 5.41 Å². The van der Waals surface area contributed by atoms with E-state index in [1.165, 1.54) is 105 Å². The van der Waals surface area contributed by atoms with Crippen LogP contribution in [0.25, 0.3) is 82.4 Å². The lowest BCUT2D eigenvalue weighted by Crippen LogP contribution is -2.33. The highest BCUT2D eigenvalue weighted by molar-refractivity contribution is 6.13. The zero-order valence-electron chi connectivity index (χ0n) is 42.6. The first-order valence-corrected chi connectivity index (χ1v) is 27.0. The molecule has 3 heteroatoms. The number of hydrogen-bond donors (Lipinski definition) is 0. The van der Waals surface area contributed by atoms with Crippen molar-refractivity contribution >= 4 is 77.5 Å². The van der Waals surface area contributed by atoms with E-state index in [9.17, 15) is 0 Å². The van der Waals surface area contributed by atoms with Gasteiger partial charge in [0.1, 0.15) is 0 Å². The van der Waals surface area contributed by atoms with E-state index in [1.807, 2.05) is 0 Å². The molecule has 2 aliphatic rings. The van der Waals surface area contributed by atoms with E-state index >= 15 is 0 Å². The van der Waals surface area contributed by atoms with Gasteiger partial charge in [-0.3, -0.25) is 0 Å². The van der Waals surface area contributed by atoms with Crippen molar-refractivity contribution in [2.24, 2.45) is 0 Å². The van der Waals surface area contributed by atoms with Crippen LogP contribution in [-0.4, -0.2) is 4.57 Å². The molecule has 0 amide bonds. The van der Waals surface area contributed by atoms with Crippen LogP contribution in [0.1, 0.15) is 22.3 Å². The topological polar surface area (TPSA) is 11.4 Å². The van der Waals surface area contributed by atoms with Crippen LogP contribution in [0, 0.1) is 0 Å². The second-order valence-electron chi connectivity index (χ2n) is 20.8. The Kier molecular flexibility index (Phi) is 9.85. The van der Waals surface area contributed by atoms with Gasteiger partial charge >= 0.3 is 0 Å². The van der Waals surface area contributed by atoms with Crippen LogP contribution in [0.3, 0.4) is 0 Å². The monoisotopic (exact) mass is 991 g/mol. The average Bonchev–Trinajstić information content (AvgIpc) is 3.86. The molecule has 0 saturated heterocycles. The zero-order valence-corrected chi connectivity index (χ0v) is 42.6. The van der Waals surface area contributed by atoms with Gasteiger partial charge in [0.2, 0.25) is 0 Å². The van der Waals surface area contributed by atoms with Crippen molar-refractivity contribution < 1.29 is 0 Å². The molecule has 78 heavy (non-hydrogen) atoms. The average molecular weight is 992 g/mol. The number of nitrogens with zero attached hydrogens (tertiary/aromatic N) is 3. The largest absolute Gasteiger partial charge is 0.310 e. The molecule has 0 unspecified atom stereocenters. The van der Waals surface area contributed by atoms with E-state index in [2.05, 4.69) is 312 Å². The third-order valence-corrected chi connectivity index (χ3v) is 16.7. The number of aromatic nitrogens is 1. The lowest BCUT2D eigenvalue weighted by molar-refractivity contribution is 0.749. The Morgan fingerprint density at radius 1 is 0.269 bits per heavy atom. The maximum absolute atomic E-state index is 2.53. The molecular formula is C75H49N3. The molecule has 364 valence electrons. The Bertz CT molecular complexity index is 4440. The van der Waals surface area contributed by atoms with Crippen molar-refractivity contribution in [2.45, 2.75) is 5.41 Å². The Labute approximate surface area is 453 Å². The lowest BCUT2D eigenvalue weighted by Gasteiger charge is -2.40. The molecule has 1 spiro atoms. The maximum Gasteiger partial charge on any atom is 0.0754 e. The summed E-state index contributed by atoms with van der Waals surface area (Å²) >= 11 is 0. The first kappa shape index (κ1) is 44.1. The van der Waals surface area contributed by atoms with Crippen LogP contribution in [0.5, 0.6) is 0 Å². The normalized spacial score (nSPS) is 12.7. The molecular weight excluding hydrogens is 943 g/mol. The highest BCUT2D eigenvalue weighted by Crippen LogP contribution is 2.62. The Morgan fingerprint density at radius 2 is 0.679 bits per heavy atom. The molecule has 0 bridgehead atoms. The first-order valence-electron chi connectivity index (χ1n) is 27.0. The Balaban J connectivity index is 0.870. The van der Waals surface area contributed by atoms with E-state index in [1.54, 1.807) is 0 Å². The van der Waals surface area contributed by atoms with Crippen molar-refractivity contribution in [1.82, 2.24) is 4.57 Å². The Hall–Kier alpha value is -10.2. The molecule has 1 aromatic heterocycles. The van der Waals surface area contributed by atoms with E-state index in [-0.39, 0.29) is 0 Å². The quantitative estimate of drug-likeness (QED) is 0.150. The van der Waals surface area contributed by atoms with Gasteiger partial charge in [-0.1, -0.05) is 212 Å². The summed E-state index contributed by atoms with van der Waals surface area (Å²) in [6.07, 6.45) is 0. The van der Waals surface area contributed by atoms with Crippen LogP contribution in [0.4, 0.5) is 34.1 Å². The summed E-state index contributed by atoms with van der Waals surface area (Å²) in [5.41, 5.74) is 22.3. The summed E-state index contributed by atoms with van der Waals surface area (Å²) in [4.78, 5) is 4.77. The number of benzene rings is 13. The zero-order chi connectivity index (χ0) is 51.3. The van der Waals surface area contributed by atoms with Crippen LogP contribution in [-0.2, 0) is 5.41 Å². The van der Waals surface area contributed by atoms with Crippen LogP contribution < -0.4 is 9.80 Å². The van der Waals surface area contributed by atoms with Gasteiger partial charge in [0, 0.05) is 44.3 Å². The second kappa shape index (κ2) is 17.4. The number of hydrogen-bond acceptors (Lipinski definition) is 2. The second-order valence-corrected chi connectivity index (χ2v) is 20.8. The molecule has 1 aliphatic heterocycles. The molecule has 0 saturated carbocycles. The number of anilines is 6. The minimum Gasteiger partial charge on any atom is -0.310 e. The fraction of sp³-hybridized carbons (Fsp3) is 0.0133. The van der Waals surface area contributed by atoms with Crippen molar-refractivity contribution in [1.29, 1.82) is 0 Å². The van der Waals surface area contributed by atoms with Crippen molar-refractivity contribution in [2.75, 3.05) is 9.80 Å². The van der Waals surface area contributed by atoms with Crippen molar-refractivity contribution in [3.63, 3.8) is 0 Å². The van der Waals surface area contributed by atoms with E-state index in [4.69, 9.17) is 0 Å². The standard InChI is InChI=1S/C75H49N3/c1-3-22-56(23-4-1)76(70-34-15-20-52-18-7-9-26-60(52)70)58-42-36-50(37-43-58)54-40-46-62-63-47-41-55(51-38-44-59(45-39-51)77(57-24-5-2-6-25-57)71-35-16-21-53-19-8-10-27-61(53)71)49-69(63)75(68(62)48-54)66-30-12-14-33-73(66)78-72-32-13-11-28-64(72)65-29-17-31-67(75)74(65)78/h1-49H.